The van der Waals surface area contributed by atoms with E-state index in [1.807, 2.05) is 37.3 Å². The van der Waals surface area contributed by atoms with Gasteiger partial charge in [0.25, 0.3) is 0 Å². The van der Waals surface area contributed by atoms with Gasteiger partial charge >= 0.3 is 5.97 Å². The van der Waals surface area contributed by atoms with Gasteiger partial charge in [-0.3, -0.25) is 0 Å². The molecule has 2 aromatic carbocycles. The molecule has 5 heteroatoms. The topological polar surface area (TPSA) is 61.5 Å². The van der Waals surface area contributed by atoms with Gasteiger partial charge in [0.2, 0.25) is 0 Å². The van der Waals surface area contributed by atoms with Crippen LogP contribution in [-0.2, 0) is 4.74 Å². The molecular formula is C16H17NO3S. The Bertz CT molecular complexity index is 671. The number of rotatable bonds is 4. The number of carbonyl (C=O) groups excluding carboxylic acids is 1. The van der Waals surface area contributed by atoms with Gasteiger partial charge in [0.15, 0.2) is 0 Å². The molecule has 4 nitrogen and oxygen atoms in total. The number of nitrogens with two attached hydrogens (primary N) is 1. The summed E-state index contributed by atoms with van der Waals surface area (Å²) < 4.78 is 10.1. The van der Waals surface area contributed by atoms with Gasteiger partial charge in [-0.2, -0.15) is 0 Å². The third kappa shape index (κ3) is 3.31. The summed E-state index contributed by atoms with van der Waals surface area (Å²) in [4.78, 5) is 13.7. The molecule has 0 atom stereocenters. The van der Waals surface area contributed by atoms with Crippen LogP contribution >= 0.6 is 11.8 Å². The van der Waals surface area contributed by atoms with E-state index in [1.54, 1.807) is 13.2 Å². The van der Waals surface area contributed by atoms with Gasteiger partial charge in [-0.1, -0.05) is 23.9 Å². The molecule has 0 aliphatic rings. The summed E-state index contributed by atoms with van der Waals surface area (Å²) in [7, 11) is 2.98. The number of benzene rings is 2. The van der Waals surface area contributed by atoms with Gasteiger partial charge in [-0.05, 0) is 36.8 Å². The summed E-state index contributed by atoms with van der Waals surface area (Å²) in [5.74, 6) is 0.356. The third-order valence-electron chi connectivity index (χ3n) is 3.06. The average Bonchev–Trinajstić information content (AvgIpc) is 2.50. The van der Waals surface area contributed by atoms with Crippen molar-refractivity contribution in [2.24, 2.45) is 0 Å². The maximum absolute atomic E-state index is 11.8. The monoisotopic (exact) mass is 303 g/mol. The number of methoxy groups -OCH3 is 2. The predicted octanol–water partition coefficient (Wildman–Crippen LogP) is 3.52. The van der Waals surface area contributed by atoms with E-state index < -0.39 is 5.97 Å². The lowest BCUT2D eigenvalue weighted by Gasteiger charge is -2.12. The van der Waals surface area contributed by atoms with Crippen molar-refractivity contribution in [1.82, 2.24) is 0 Å². The van der Waals surface area contributed by atoms with E-state index in [1.165, 1.54) is 18.9 Å². The van der Waals surface area contributed by atoms with Crippen molar-refractivity contribution in [3.05, 3.63) is 47.5 Å². The molecule has 2 N–H and O–H groups in total. The molecule has 0 fully saturated rings. The molecule has 2 aromatic rings. The predicted molar refractivity (Wildman–Crippen MR) is 84.0 cm³/mol. The van der Waals surface area contributed by atoms with Crippen LogP contribution in [0.1, 0.15) is 15.9 Å². The van der Waals surface area contributed by atoms with Crippen molar-refractivity contribution in [1.29, 1.82) is 0 Å². The first-order chi connectivity index (χ1) is 10.1. The second-order valence-corrected chi connectivity index (χ2v) is 5.56. The molecule has 0 aliphatic carbocycles. The molecular weight excluding hydrogens is 286 g/mol. The summed E-state index contributed by atoms with van der Waals surface area (Å²) in [6.45, 7) is 1.87. The average molecular weight is 303 g/mol. The highest BCUT2D eigenvalue weighted by Gasteiger charge is 2.14. The summed E-state index contributed by atoms with van der Waals surface area (Å²) in [6.07, 6.45) is 0. The number of anilines is 1. The molecule has 0 saturated heterocycles. The Morgan fingerprint density at radius 3 is 2.57 bits per heavy atom. The van der Waals surface area contributed by atoms with E-state index in [9.17, 15) is 4.79 Å². The van der Waals surface area contributed by atoms with Crippen molar-refractivity contribution in [2.75, 3.05) is 20.0 Å². The van der Waals surface area contributed by atoms with Crippen LogP contribution in [0.3, 0.4) is 0 Å². The number of para-hydroxylation sites is 1. The first-order valence-electron chi connectivity index (χ1n) is 6.36. The molecule has 0 aromatic heterocycles. The van der Waals surface area contributed by atoms with E-state index in [0.717, 1.165) is 21.1 Å². The molecule has 110 valence electrons. The summed E-state index contributed by atoms with van der Waals surface area (Å²) in [5, 5.41) is 0. The quantitative estimate of drug-likeness (QED) is 0.691. The summed E-state index contributed by atoms with van der Waals surface area (Å²) in [5.41, 5.74) is 7.62. The Morgan fingerprint density at radius 1 is 1.19 bits per heavy atom. The van der Waals surface area contributed by atoms with Crippen LogP contribution in [0.25, 0.3) is 0 Å². The lowest BCUT2D eigenvalue weighted by molar-refractivity contribution is 0.0601. The Morgan fingerprint density at radius 2 is 1.90 bits per heavy atom. The largest absolute Gasteiger partial charge is 0.496 e. The van der Waals surface area contributed by atoms with Crippen molar-refractivity contribution >= 4 is 23.4 Å². The minimum atomic E-state index is -0.432. The van der Waals surface area contributed by atoms with Crippen molar-refractivity contribution < 1.29 is 14.3 Å². The maximum Gasteiger partial charge on any atom is 0.340 e. The first-order valence-corrected chi connectivity index (χ1v) is 7.17. The van der Waals surface area contributed by atoms with E-state index in [4.69, 9.17) is 15.2 Å². The van der Waals surface area contributed by atoms with E-state index >= 15 is 0 Å². The lowest BCUT2D eigenvalue weighted by Crippen LogP contribution is -2.07. The zero-order valence-electron chi connectivity index (χ0n) is 12.2. The number of aryl methyl sites for hydroxylation is 1. The first kappa shape index (κ1) is 15.3. The molecule has 0 radical (unpaired) electrons. The molecule has 0 unspecified atom stereocenters. The minimum absolute atomic E-state index is 0.384. The normalized spacial score (nSPS) is 10.2. The molecule has 2 rings (SSSR count). The Balaban J connectivity index is 2.41. The zero-order chi connectivity index (χ0) is 15.4. The molecule has 0 aliphatic heterocycles. The minimum Gasteiger partial charge on any atom is -0.496 e. The fourth-order valence-corrected chi connectivity index (χ4v) is 3.00. The van der Waals surface area contributed by atoms with Gasteiger partial charge in [0.05, 0.1) is 24.7 Å². The van der Waals surface area contributed by atoms with Crippen LogP contribution in [0.5, 0.6) is 5.75 Å². The van der Waals surface area contributed by atoms with Crippen LogP contribution in [0.4, 0.5) is 5.69 Å². The van der Waals surface area contributed by atoms with Crippen molar-refractivity contribution in [3.8, 4) is 5.75 Å². The molecule has 0 saturated carbocycles. The fourth-order valence-electron chi connectivity index (χ4n) is 1.93. The van der Waals surface area contributed by atoms with Gasteiger partial charge in [0.1, 0.15) is 5.75 Å². The standard InChI is InChI=1S/C16H17NO3S/c1-10-8-11(9-12(15(10)17)16(18)20-3)21-14-7-5-4-6-13(14)19-2/h4-9H,17H2,1-3H3. The molecule has 0 amide bonds. The second-order valence-electron chi connectivity index (χ2n) is 4.45. The molecule has 0 heterocycles. The lowest BCUT2D eigenvalue weighted by atomic mass is 10.1. The maximum atomic E-state index is 11.8. The Hall–Kier alpha value is -2.14. The van der Waals surface area contributed by atoms with Crippen LogP contribution in [0.2, 0.25) is 0 Å². The SMILES string of the molecule is COC(=O)c1cc(Sc2ccccc2OC)cc(C)c1N. The zero-order valence-corrected chi connectivity index (χ0v) is 13.0. The smallest absolute Gasteiger partial charge is 0.340 e. The molecule has 0 spiro atoms. The summed E-state index contributed by atoms with van der Waals surface area (Å²) in [6, 6.07) is 11.4. The number of hydrogen-bond acceptors (Lipinski definition) is 5. The number of hydrogen-bond donors (Lipinski definition) is 1. The molecule has 0 bridgehead atoms. The highest BCUT2D eigenvalue weighted by Crippen LogP contribution is 2.36. The van der Waals surface area contributed by atoms with E-state index in [2.05, 4.69) is 0 Å². The van der Waals surface area contributed by atoms with Crippen LogP contribution in [-0.4, -0.2) is 20.2 Å². The number of esters is 1. The third-order valence-corrected chi connectivity index (χ3v) is 4.09. The Labute approximate surface area is 128 Å². The Kier molecular flexibility index (Phi) is 4.75. The van der Waals surface area contributed by atoms with E-state index in [0.29, 0.717) is 11.3 Å². The fraction of sp³-hybridized carbons (Fsp3) is 0.188. The van der Waals surface area contributed by atoms with Crippen molar-refractivity contribution in [3.63, 3.8) is 0 Å². The van der Waals surface area contributed by atoms with Gasteiger partial charge in [-0.25, -0.2) is 4.79 Å². The highest BCUT2D eigenvalue weighted by molar-refractivity contribution is 7.99. The summed E-state index contributed by atoms with van der Waals surface area (Å²) >= 11 is 1.52. The van der Waals surface area contributed by atoms with Crippen molar-refractivity contribution in [2.45, 2.75) is 16.7 Å². The van der Waals surface area contributed by atoms with E-state index in [-0.39, 0.29) is 0 Å². The highest BCUT2D eigenvalue weighted by atomic mass is 32.2. The number of nitrogen functional groups attached to an aromatic ring is 1. The van der Waals surface area contributed by atoms with Gasteiger partial charge in [-0.15, -0.1) is 0 Å². The number of ether oxygens (including phenoxy) is 2. The molecule has 21 heavy (non-hydrogen) atoms. The van der Waals surface area contributed by atoms with Crippen LogP contribution in [0.15, 0.2) is 46.2 Å². The van der Waals surface area contributed by atoms with Crippen LogP contribution < -0.4 is 10.5 Å². The van der Waals surface area contributed by atoms with Crippen LogP contribution in [0, 0.1) is 6.92 Å². The second kappa shape index (κ2) is 6.54. The van der Waals surface area contributed by atoms with Gasteiger partial charge < -0.3 is 15.2 Å². The van der Waals surface area contributed by atoms with Gasteiger partial charge in [0, 0.05) is 10.6 Å². The number of carbonyl (C=O) groups is 1.